The van der Waals surface area contributed by atoms with Crippen molar-refractivity contribution in [1.82, 2.24) is 5.32 Å². The van der Waals surface area contributed by atoms with Crippen LogP contribution in [-0.2, 0) is 14.3 Å². The molecule has 0 aliphatic rings. The summed E-state index contributed by atoms with van der Waals surface area (Å²) in [6.07, 6.45) is 75.1. The number of aliphatic hydroxyl groups excluding tert-OH is 2. The van der Waals surface area contributed by atoms with E-state index in [0.29, 0.717) is 25.9 Å². The van der Waals surface area contributed by atoms with Crippen molar-refractivity contribution in [3.63, 3.8) is 0 Å². The fraction of sp³-hybridized carbons (Fsp3) is 0.939. The maximum Gasteiger partial charge on any atom is 0.305 e. The van der Waals surface area contributed by atoms with Crippen LogP contribution in [0.15, 0.2) is 12.2 Å². The Hall–Kier alpha value is -1.40. The lowest BCUT2D eigenvalue weighted by Crippen LogP contribution is -2.45. The van der Waals surface area contributed by atoms with Crippen molar-refractivity contribution in [2.45, 2.75) is 386 Å². The fourth-order valence-corrected chi connectivity index (χ4v) is 10.5. The highest BCUT2D eigenvalue weighted by molar-refractivity contribution is 5.76. The second kappa shape index (κ2) is 62.1. The first-order valence-electron chi connectivity index (χ1n) is 32.9. The summed E-state index contributed by atoms with van der Waals surface area (Å²) in [4.78, 5) is 24.6. The molecule has 0 rings (SSSR count). The molecule has 0 aromatic carbocycles. The Morgan fingerprint density at radius 3 is 0.986 bits per heavy atom. The van der Waals surface area contributed by atoms with E-state index in [1.54, 1.807) is 0 Å². The summed E-state index contributed by atoms with van der Waals surface area (Å²) >= 11 is 0. The predicted octanol–water partition coefficient (Wildman–Crippen LogP) is 20.8. The molecule has 6 heteroatoms. The average Bonchev–Trinajstić information content (AvgIpc) is 3.38. The number of unbranched alkanes of at least 4 members (excludes halogenated alkanes) is 49. The summed E-state index contributed by atoms with van der Waals surface area (Å²) in [7, 11) is 0. The van der Waals surface area contributed by atoms with E-state index in [-0.39, 0.29) is 18.5 Å². The van der Waals surface area contributed by atoms with Gasteiger partial charge in [-0.15, -0.1) is 0 Å². The molecule has 3 N–H and O–H groups in total. The summed E-state index contributed by atoms with van der Waals surface area (Å²) in [6.45, 7) is 4.97. The van der Waals surface area contributed by atoms with Crippen LogP contribution in [0.1, 0.15) is 373 Å². The quantitative estimate of drug-likeness (QED) is 0.0320. The third-order valence-electron chi connectivity index (χ3n) is 15.6. The number of hydrogen-bond donors (Lipinski definition) is 3. The minimum Gasteiger partial charge on any atom is -0.466 e. The average molecular weight is 1020 g/mol. The van der Waals surface area contributed by atoms with Crippen molar-refractivity contribution in [1.29, 1.82) is 0 Å². The number of ether oxygens (including phenoxy) is 1. The van der Waals surface area contributed by atoms with Crippen LogP contribution in [0.4, 0.5) is 0 Å². The van der Waals surface area contributed by atoms with Crippen LogP contribution < -0.4 is 5.32 Å². The maximum absolute atomic E-state index is 12.5. The van der Waals surface area contributed by atoms with Crippen molar-refractivity contribution >= 4 is 11.9 Å². The molecule has 0 saturated carbocycles. The smallest absolute Gasteiger partial charge is 0.305 e. The van der Waals surface area contributed by atoms with Crippen molar-refractivity contribution in [2.24, 2.45) is 0 Å². The minimum absolute atomic E-state index is 0.00234. The molecule has 72 heavy (non-hydrogen) atoms. The van der Waals surface area contributed by atoms with E-state index < -0.39 is 12.1 Å². The molecule has 0 aliphatic heterocycles. The number of nitrogens with one attached hydrogen (secondary N) is 1. The van der Waals surface area contributed by atoms with Crippen molar-refractivity contribution < 1.29 is 24.5 Å². The third kappa shape index (κ3) is 57.9. The molecule has 6 nitrogen and oxygen atoms in total. The zero-order chi connectivity index (χ0) is 52.2. The molecule has 0 bridgehead atoms. The Labute approximate surface area is 450 Å². The van der Waals surface area contributed by atoms with Gasteiger partial charge in [0.15, 0.2) is 0 Å². The lowest BCUT2D eigenvalue weighted by molar-refractivity contribution is -0.143. The molecular weight excluding hydrogens is 887 g/mol. The Morgan fingerprint density at radius 1 is 0.375 bits per heavy atom. The molecule has 0 aliphatic carbocycles. The number of carbonyl (C=O) groups excluding carboxylic acids is 2. The first kappa shape index (κ1) is 70.6. The summed E-state index contributed by atoms with van der Waals surface area (Å²) in [5, 5.41) is 23.4. The molecule has 2 atom stereocenters. The third-order valence-corrected chi connectivity index (χ3v) is 15.6. The van der Waals surface area contributed by atoms with Crippen LogP contribution in [0.25, 0.3) is 0 Å². The number of amides is 1. The fourth-order valence-electron chi connectivity index (χ4n) is 10.5. The van der Waals surface area contributed by atoms with Gasteiger partial charge in [-0.3, -0.25) is 9.59 Å². The van der Waals surface area contributed by atoms with Gasteiger partial charge in [0, 0.05) is 12.8 Å². The zero-order valence-electron chi connectivity index (χ0n) is 48.9. The lowest BCUT2D eigenvalue weighted by atomic mass is 10.0. The van der Waals surface area contributed by atoms with Gasteiger partial charge in [-0.25, -0.2) is 0 Å². The van der Waals surface area contributed by atoms with Gasteiger partial charge in [-0.2, -0.15) is 0 Å². The van der Waals surface area contributed by atoms with Gasteiger partial charge in [0.2, 0.25) is 5.91 Å². The number of allylic oxidation sites excluding steroid dienone is 2. The second-order valence-corrected chi connectivity index (χ2v) is 22.8. The Kier molecular flexibility index (Phi) is 60.9. The molecule has 0 radical (unpaired) electrons. The number of rotatable bonds is 62. The Morgan fingerprint density at radius 2 is 0.653 bits per heavy atom. The molecule has 0 saturated heterocycles. The molecule has 0 aromatic rings. The van der Waals surface area contributed by atoms with Gasteiger partial charge in [0.1, 0.15) is 0 Å². The SMILES string of the molecule is CCCCCCCCCCCCCCCCCCCCCCCCCC(O)C(CO)NC(=O)CCCCCCCCC/C=C\CCCCCCCCOC(=O)CCCCCCCCCCCCCCCCC. The number of aliphatic hydroxyl groups is 2. The molecule has 0 heterocycles. The molecule has 428 valence electrons. The minimum atomic E-state index is -0.673. The van der Waals surface area contributed by atoms with Crippen molar-refractivity contribution in [3.05, 3.63) is 12.2 Å². The van der Waals surface area contributed by atoms with E-state index in [9.17, 15) is 19.8 Å². The first-order chi connectivity index (χ1) is 35.5. The van der Waals surface area contributed by atoms with Crippen LogP contribution in [0.3, 0.4) is 0 Å². The van der Waals surface area contributed by atoms with Gasteiger partial charge in [-0.05, 0) is 51.4 Å². The van der Waals surface area contributed by atoms with E-state index in [0.717, 1.165) is 51.4 Å². The van der Waals surface area contributed by atoms with Crippen LogP contribution in [0.2, 0.25) is 0 Å². The predicted molar refractivity (Wildman–Crippen MR) is 315 cm³/mol. The summed E-state index contributed by atoms with van der Waals surface area (Å²) in [5.41, 5.74) is 0. The number of hydrogen-bond acceptors (Lipinski definition) is 5. The largest absolute Gasteiger partial charge is 0.466 e. The summed E-state index contributed by atoms with van der Waals surface area (Å²) < 4.78 is 5.48. The molecule has 0 aromatic heterocycles. The number of carbonyl (C=O) groups is 2. The molecule has 1 amide bonds. The van der Waals surface area contributed by atoms with Gasteiger partial charge < -0.3 is 20.3 Å². The van der Waals surface area contributed by atoms with Crippen molar-refractivity contribution in [2.75, 3.05) is 13.2 Å². The monoisotopic (exact) mass is 1020 g/mol. The maximum atomic E-state index is 12.5. The van der Waals surface area contributed by atoms with E-state index in [2.05, 4.69) is 31.3 Å². The van der Waals surface area contributed by atoms with Crippen LogP contribution in [0.5, 0.6) is 0 Å². The van der Waals surface area contributed by atoms with Gasteiger partial charge in [0.05, 0.1) is 25.4 Å². The topological polar surface area (TPSA) is 95.9 Å². The van der Waals surface area contributed by atoms with Gasteiger partial charge in [0.25, 0.3) is 0 Å². The van der Waals surface area contributed by atoms with Crippen LogP contribution >= 0.6 is 0 Å². The van der Waals surface area contributed by atoms with E-state index >= 15 is 0 Å². The lowest BCUT2D eigenvalue weighted by Gasteiger charge is -2.22. The molecule has 2 unspecified atom stereocenters. The van der Waals surface area contributed by atoms with Crippen LogP contribution in [0, 0.1) is 0 Å². The molecular formula is C66H129NO5. The van der Waals surface area contributed by atoms with Gasteiger partial charge >= 0.3 is 5.97 Å². The van der Waals surface area contributed by atoms with E-state index in [1.165, 1.54) is 289 Å². The Balaban J connectivity index is 3.43. The molecule has 0 fully saturated rings. The molecule has 0 spiro atoms. The summed E-state index contributed by atoms with van der Waals surface area (Å²) in [6, 6.07) is -0.551. The van der Waals surface area contributed by atoms with Gasteiger partial charge in [-0.1, -0.05) is 321 Å². The standard InChI is InChI=1S/C66H129NO5/c1-3-5-7-9-11-13-15-17-19-20-21-22-23-24-25-27-31-34-38-42-46-50-54-58-64(69)63(62-68)67-65(70)59-55-51-47-43-39-35-32-28-26-29-33-37-41-45-49-53-57-61-72-66(71)60-56-52-48-44-40-36-30-18-16-14-12-10-8-6-4-2/h26,29,63-64,68-69H,3-25,27-28,30-62H2,1-2H3,(H,67,70)/b29-26-. The Bertz CT molecular complexity index is 1080. The van der Waals surface area contributed by atoms with Crippen LogP contribution in [-0.4, -0.2) is 47.4 Å². The number of esters is 1. The summed E-state index contributed by atoms with van der Waals surface area (Å²) in [5.74, 6) is -0.0400. The van der Waals surface area contributed by atoms with Crippen molar-refractivity contribution in [3.8, 4) is 0 Å². The highest BCUT2D eigenvalue weighted by Crippen LogP contribution is 2.19. The second-order valence-electron chi connectivity index (χ2n) is 22.8. The highest BCUT2D eigenvalue weighted by Gasteiger charge is 2.20. The van der Waals surface area contributed by atoms with E-state index in [4.69, 9.17) is 4.74 Å². The highest BCUT2D eigenvalue weighted by atomic mass is 16.5. The van der Waals surface area contributed by atoms with E-state index in [1.807, 2.05) is 0 Å². The normalized spacial score (nSPS) is 12.6. The zero-order valence-corrected chi connectivity index (χ0v) is 48.9. The first-order valence-corrected chi connectivity index (χ1v) is 32.9.